The summed E-state index contributed by atoms with van der Waals surface area (Å²) in [6.07, 6.45) is -4.59. The van der Waals surface area contributed by atoms with Gasteiger partial charge in [0.15, 0.2) is 5.92 Å². The Kier molecular flexibility index (Phi) is 4.34. The molecule has 0 heterocycles. The molecule has 0 fully saturated rings. The lowest BCUT2D eigenvalue weighted by molar-refractivity contribution is -0.155. The van der Waals surface area contributed by atoms with E-state index in [1.165, 1.54) is 12.1 Å². The first-order valence-electron chi connectivity index (χ1n) is 4.50. The van der Waals surface area contributed by atoms with Crippen molar-refractivity contribution in [3.8, 4) is 6.07 Å². The van der Waals surface area contributed by atoms with Crippen LogP contribution in [0, 0.1) is 23.1 Å². The number of halogens is 5. The van der Waals surface area contributed by atoms with Gasteiger partial charge in [-0.05, 0) is 34.1 Å². The second-order valence-electron chi connectivity index (χ2n) is 3.23. The summed E-state index contributed by atoms with van der Waals surface area (Å²) in [7, 11) is 0. The minimum absolute atomic E-state index is 0.190. The van der Waals surface area contributed by atoms with Crippen molar-refractivity contribution in [2.75, 3.05) is 11.9 Å². The van der Waals surface area contributed by atoms with E-state index in [4.69, 9.17) is 5.26 Å². The quantitative estimate of drug-likeness (QED) is 0.864. The molecule has 1 unspecified atom stereocenters. The predicted molar refractivity (Wildman–Crippen MR) is 57.7 cm³/mol. The number of nitrogens with one attached hydrogen (secondary N) is 1. The second kappa shape index (κ2) is 5.36. The zero-order chi connectivity index (χ0) is 13.1. The van der Waals surface area contributed by atoms with Crippen LogP contribution in [0.1, 0.15) is 0 Å². The van der Waals surface area contributed by atoms with Gasteiger partial charge in [-0.15, -0.1) is 0 Å². The number of alkyl halides is 3. The van der Waals surface area contributed by atoms with Crippen molar-refractivity contribution in [1.82, 2.24) is 0 Å². The summed E-state index contributed by atoms with van der Waals surface area (Å²) in [6, 6.07) is 4.98. The molecule has 0 aliphatic rings. The molecular formula is C10H7BrF4N2. The monoisotopic (exact) mass is 310 g/mol. The van der Waals surface area contributed by atoms with Gasteiger partial charge in [-0.25, -0.2) is 4.39 Å². The van der Waals surface area contributed by atoms with Gasteiger partial charge in [0.25, 0.3) is 0 Å². The van der Waals surface area contributed by atoms with Gasteiger partial charge < -0.3 is 5.32 Å². The molecule has 1 N–H and O–H groups in total. The number of hydrogen-bond acceptors (Lipinski definition) is 2. The molecular weight excluding hydrogens is 304 g/mol. The SMILES string of the molecule is N#CC(CNc1ccc(Br)c(F)c1)C(F)(F)F. The Morgan fingerprint density at radius 3 is 2.53 bits per heavy atom. The molecule has 1 aromatic rings. The Hall–Kier alpha value is -1.29. The Labute approximate surface area is 103 Å². The van der Waals surface area contributed by atoms with Gasteiger partial charge in [-0.3, -0.25) is 0 Å². The van der Waals surface area contributed by atoms with E-state index in [2.05, 4.69) is 21.2 Å². The van der Waals surface area contributed by atoms with Crippen LogP contribution in [0.2, 0.25) is 0 Å². The van der Waals surface area contributed by atoms with Crippen LogP contribution in [-0.4, -0.2) is 12.7 Å². The van der Waals surface area contributed by atoms with Crippen LogP contribution in [0.5, 0.6) is 0 Å². The van der Waals surface area contributed by atoms with Crippen molar-refractivity contribution >= 4 is 21.6 Å². The van der Waals surface area contributed by atoms with Crippen LogP contribution < -0.4 is 5.32 Å². The normalized spacial score (nSPS) is 12.9. The fraction of sp³-hybridized carbons (Fsp3) is 0.300. The van der Waals surface area contributed by atoms with Gasteiger partial charge in [0.2, 0.25) is 0 Å². The van der Waals surface area contributed by atoms with E-state index in [1.54, 1.807) is 0 Å². The van der Waals surface area contributed by atoms with Crippen molar-refractivity contribution in [2.45, 2.75) is 6.18 Å². The smallest absolute Gasteiger partial charge is 0.383 e. The highest BCUT2D eigenvalue weighted by molar-refractivity contribution is 9.10. The lowest BCUT2D eigenvalue weighted by Crippen LogP contribution is -2.28. The van der Waals surface area contributed by atoms with Gasteiger partial charge in [-0.2, -0.15) is 18.4 Å². The molecule has 1 atom stereocenters. The first kappa shape index (κ1) is 13.8. The van der Waals surface area contributed by atoms with Crippen LogP contribution in [0.25, 0.3) is 0 Å². The third-order valence-corrected chi connectivity index (χ3v) is 2.62. The van der Waals surface area contributed by atoms with Crippen LogP contribution in [0.3, 0.4) is 0 Å². The van der Waals surface area contributed by atoms with Crippen molar-refractivity contribution in [3.05, 3.63) is 28.5 Å². The Bertz CT molecular complexity index is 439. The number of hydrogen-bond donors (Lipinski definition) is 1. The summed E-state index contributed by atoms with van der Waals surface area (Å²) in [5.41, 5.74) is 0.190. The number of rotatable bonds is 3. The van der Waals surface area contributed by atoms with E-state index in [0.717, 1.165) is 12.1 Å². The largest absolute Gasteiger partial charge is 0.406 e. The molecule has 0 bridgehead atoms. The average molecular weight is 311 g/mol. The number of nitriles is 1. The minimum atomic E-state index is -4.59. The first-order chi connectivity index (χ1) is 7.84. The van der Waals surface area contributed by atoms with E-state index in [-0.39, 0.29) is 10.2 Å². The summed E-state index contributed by atoms with van der Waals surface area (Å²) in [6.45, 7) is -0.610. The third-order valence-electron chi connectivity index (χ3n) is 1.98. The summed E-state index contributed by atoms with van der Waals surface area (Å²) in [5.74, 6) is -2.70. The predicted octanol–water partition coefficient (Wildman–Crippen LogP) is 3.70. The molecule has 0 saturated heterocycles. The zero-order valence-corrected chi connectivity index (χ0v) is 9.94. The highest BCUT2D eigenvalue weighted by Gasteiger charge is 2.39. The Morgan fingerprint density at radius 2 is 2.06 bits per heavy atom. The molecule has 0 amide bonds. The summed E-state index contributed by atoms with van der Waals surface area (Å²) in [4.78, 5) is 0. The molecule has 0 aliphatic carbocycles. The fourth-order valence-electron chi connectivity index (χ4n) is 1.06. The lowest BCUT2D eigenvalue weighted by Gasteiger charge is -2.14. The molecule has 17 heavy (non-hydrogen) atoms. The topological polar surface area (TPSA) is 35.8 Å². The molecule has 1 rings (SSSR count). The van der Waals surface area contributed by atoms with E-state index in [1.807, 2.05) is 0 Å². The molecule has 0 aromatic heterocycles. The Balaban J connectivity index is 2.67. The lowest BCUT2D eigenvalue weighted by atomic mass is 10.1. The second-order valence-corrected chi connectivity index (χ2v) is 4.09. The third kappa shape index (κ3) is 3.89. The van der Waals surface area contributed by atoms with Gasteiger partial charge in [0.1, 0.15) is 5.82 Å². The highest BCUT2D eigenvalue weighted by Crippen LogP contribution is 2.26. The van der Waals surface area contributed by atoms with Crippen LogP contribution in [-0.2, 0) is 0 Å². The standard InChI is InChI=1S/C10H7BrF4N2/c11-8-2-1-7(3-9(8)12)17-5-6(4-16)10(13,14)15/h1-3,6,17H,5H2. The van der Waals surface area contributed by atoms with E-state index in [9.17, 15) is 17.6 Å². The van der Waals surface area contributed by atoms with Crippen LogP contribution >= 0.6 is 15.9 Å². The molecule has 0 radical (unpaired) electrons. The Morgan fingerprint density at radius 1 is 1.41 bits per heavy atom. The van der Waals surface area contributed by atoms with Gasteiger partial charge in [-0.1, -0.05) is 0 Å². The van der Waals surface area contributed by atoms with Gasteiger partial charge in [0, 0.05) is 12.2 Å². The van der Waals surface area contributed by atoms with Crippen LogP contribution in [0.4, 0.5) is 23.2 Å². The van der Waals surface area contributed by atoms with Crippen molar-refractivity contribution in [2.24, 2.45) is 5.92 Å². The van der Waals surface area contributed by atoms with Crippen molar-refractivity contribution in [3.63, 3.8) is 0 Å². The fourth-order valence-corrected chi connectivity index (χ4v) is 1.31. The van der Waals surface area contributed by atoms with E-state index < -0.39 is 24.5 Å². The minimum Gasteiger partial charge on any atom is -0.383 e. The maximum absolute atomic E-state index is 13.0. The highest BCUT2D eigenvalue weighted by atomic mass is 79.9. The molecule has 0 spiro atoms. The molecule has 92 valence electrons. The summed E-state index contributed by atoms with van der Waals surface area (Å²) >= 11 is 2.92. The van der Waals surface area contributed by atoms with Gasteiger partial charge in [0.05, 0.1) is 10.5 Å². The van der Waals surface area contributed by atoms with Crippen LogP contribution in [0.15, 0.2) is 22.7 Å². The average Bonchev–Trinajstić information content (AvgIpc) is 2.22. The van der Waals surface area contributed by atoms with Crippen molar-refractivity contribution < 1.29 is 17.6 Å². The van der Waals surface area contributed by atoms with E-state index in [0.29, 0.717) is 0 Å². The number of benzene rings is 1. The maximum atomic E-state index is 13.0. The van der Waals surface area contributed by atoms with E-state index >= 15 is 0 Å². The molecule has 0 aliphatic heterocycles. The first-order valence-corrected chi connectivity index (χ1v) is 5.29. The zero-order valence-electron chi connectivity index (χ0n) is 8.35. The number of anilines is 1. The number of nitrogens with zero attached hydrogens (tertiary/aromatic N) is 1. The van der Waals surface area contributed by atoms with Crippen molar-refractivity contribution in [1.29, 1.82) is 5.26 Å². The summed E-state index contributed by atoms with van der Waals surface area (Å²) < 4.78 is 49.9. The molecule has 0 saturated carbocycles. The summed E-state index contributed by atoms with van der Waals surface area (Å²) in [5, 5.41) is 10.7. The molecule has 1 aromatic carbocycles. The molecule has 7 heteroatoms. The molecule has 2 nitrogen and oxygen atoms in total. The maximum Gasteiger partial charge on any atom is 0.406 e. The van der Waals surface area contributed by atoms with Gasteiger partial charge >= 0.3 is 6.18 Å².